The highest BCUT2D eigenvalue weighted by molar-refractivity contribution is 9.10. The number of imidazole rings is 1. The molecule has 0 saturated heterocycles. The lowest BCUT2D eigenvalue weighted by Gasteiger charge is -2.10. The first-order chi connectivity index (χ1) is 14.2. The van der Waals surface area contributed by atoms with Gasteiger partial charge in [-0.15, -0.1) is 0 Å². The maximum atomic E-state index is 12.3. The van der Waals surface area contributed by atoms with Gasteiger partial charge in [-0.1, -0.05) is 66.7 Å². The largest absolute Gasteiger partial charge is 0.352 e. The van der Waals surface area contributed by atoms with Crippen molar-refractivity contribution in [2.45, 2.75) is 58.4 Å². The van der Waals surface area contributed by atoms with Crippen LogP contribution in [-0.4, -0.2) is 22.0 Å². The molecule has 1 N–H and O–H groups in total. The third-order valence-corrected chi connectivity index (χ3v) is 5.66. The van der Waals surface area contributed by atoms with E-state index >= 15 is 0 Å². The Bertz CT molecular complexity index is 935. The van der Waals surface area contributed by atoms with Crippen LogP contribution in [-0.2, 0) is 13.0 Å². The number of rotatable bonds is 11. The number of nitrogens with one attached hydrogen (secondary N) is 1. The van der Waals surface area contributed by atoms with Crippen LogP contribution >= 0.6 is 15.9 Å². The molecule has 0 fully saturated rings. The van der Waals surface area contributed by atoms with Gasteiger partial charge in [-0.3, -0.25) is 4.79 Å². The average Bonchev–Trinajstić information content (AvgIpc) is 3.08. The number of unbranched alkanes of at least 4 members (excludes halogenated alkanes) is 4. The Morgan fingerprint density at radius 3 is 2.69 bits per heavy atom. The summed E-state index contributed by atoms with van der Waals surface area (Å²) in [5.41, 5.74) is 2.96. The summed E-state index contributed by atoms with van der Waals surface area (Å²) in [5.74, 6) is 1.09. The van der Waals surface area contributed by atoms with Crippen LogP contribution < -0.4 is 5.32 Å². The maximum Gasteiger partial charge on any atom is 0.251 e. The first-order valence-electron chi connectivity index (χ1n) is 10.7. The predicted octanol–water partition coefficient (Wildman–Crippen LogP) is 6.13. The standard InChI is InChI=1S/C24H30BrN3O/c1-2-3-4-5-8-17-28-22-14-7-6-13-21(22)27-23(28)15-10-16-26-24(29)19-11-9-12-20(25)18-19/h6-7,9,11-14,18H,2-5,8,10,15-17H2,1H3,(H,26,29). The highest BCUT2D eigenvalue weighted by Crippen LogP contribution is 2.19. The Labute approximate surface area is 181 Å². The number of carbonyl (C=O) groups is 1. The molecule has 154 valence electrons. The normalized spacial score (nSPS) is 11.1. The number of amides is 1. The molecule has 1 amide bonds. The summed E-state index contributed by atoms with van der Waals surface area (Å²) in [5, 5.41) is 3.02. The van der Waals surface area contributed by atoms with Gasteiger partial charge in [-0.25, -0.2) is 4.98 Å². The quantitative estimate of drug-likeness (QED) is 0.353. The monoisotopic (exact) mass is 455 g/mol. The zero-order valence-corrected chi connectivity index (χ0v) is 18.7. The lowest BCUT2D eigenvalue weighted by molar-refractivity contribution is 0.0953. The van der Waals surface area contributed by atoms with Gasteiger partial charge < -0.3 is 9.88 Å². The number of nitrogens with zero attached hydrogens (tertiary/aromatic N) is 2. The van der Waals surface area contributed by atoms with Gasteiger partial charge in [0.25, 0.3) is 5.91 Å². The van der Waals surface area contributed by atoms with Gasteiger partial charge in [0.1, 0.15) is 5.82 Å². The molecule has 0 aliphatic heterocycles. The molecule has 29 heavy (non-hydrogen) atoms. The second kappa shape index (κ2) is 11.1. The van der Waals surface area contributed by atoms with E-state index in [2.05, 4.69) is 50.9 Å². The van der Waals surface area contributed by atoms with E-state index in [0.29, 0.717) is 12.1 Å². The summed E-state index contributed by atoms with van der Waals surface area (Å²) in [6.45, 7) is 3.91. The summed E-state index contributed by atoms with van der Waals surface area (Å²) in [6, 6.07) is 15.8. The molecule has 4 nitrogen and oxygen atoms in total. The molecule has 0 unspecified atom stereocenters. The zero-order valence-electron chi connectivity index (χ0n) is 17.2. The van der Waals surface area contributed by atoms with E-state index in [0.717, 1.165) is 35.2 Å². The second-order valence-electron chi connectivity index (χ2n) is 7.45. The Balaban J connectivity index is 1.56. The molecule has 3 aromatic rings. The van der Waals surface area contributed by atoms with Crippen LogP contribution in [0.1, 0.15) is 61.6 Å². The summed E-state index contributed by atoms with van der Waals surface area (Å²) in [7, 11) is 0. The van der Waals surface area contributed by atoms with Gasteiger partial charge in [0.15, 0.2) is 0 Å². The third kappa shape index (κ3) is 6.17. The molecule has 0 atom stereocenters. The molecule has 1 heterocycles. The van der Waals surface area contributed by atoms with Gasteiger partial charge in [-0.05, 0) is 43.2 Å². The maximum absolute atomic E-state index is 12.3. The van der Waals surface area contributed by atoms with Crippen molar-refractivity contribution in [3.63, 3.8) is 0 Å². The number of halogens is 1. The lowest BCUT2D eigenvalue weighted by Crippen LogP contribution is -2.25. The first kappa shape index (κ1) is 21.6. The van der Waals surface area contributed by atoms with Crippen LogP contribution in [0, 0.1) is 0 Å². The van der Waals surface area contributed by atoms with Crippen LogP contribution in [0.3, 0.4) is 0 Å². The number of hydrogen-bond donors (Lipinski definition) is 1. The summed E-state index contributed by atoms with van der Waals surface area (Å²) >= 11 is 3.41. The highest BCUT2D eigenvalue weighted by Gasteiger charge is 2.11. The van der Waals surface area contributed by atoms with Crippen molar-refractivity contribution in [2.75, 3.05) is 6.54 Å². The minimum absolute atomic E-state index is 0.0317. The molecule has 2 aromatic carbocycles. The van der Waals surface area contributed by atoms with Crippen molar-refractivity contribution in [2.24, 2.45) is 0 Å². The van der Waals surface area contributed by atoms with Crippen molar-refractivity contribution in [3.05, 3.63) is 64.4 Å². The molecule has 1 aromatic heterocycles. The van der Waals surface area contributed by atoms with Gasteiger partial charge in [-0.2, -0.15) is 0 Å². The molecule has 0 saturated carbocycles. The topological polar surface area (TPSA) is 46.9 Å². The Hall–Kier alpha value is -2.14. The SMILES string of the molecule is CCCCCCCn1c(CCCNC(=O)c2cccc(Br)c2)nc2ccccc21. The fourth-order valence-electron chi connectivity index (χ4n) is 3.62. The van der Waals surface area contributed by atoms with Crippen LogP contribution in [0.2, 0.25) is 0 Å². The van der Waals surface area contributed by atoms with Crippen LogP contribution in [0.15, 0.2) is 53.0 Å². The molecule has 0 aliphatic rings. The fraction of sp³-hybridized carbons (Fsp3) is 0.417. The van der Waals surface area contributed by atoms with E-state index in [9.17, 15) is 4.79 Å². The fourth-order valence-corrected chi connectivity index (χ4v) is 4.02. The van der Waals surface area contributed by atoms with Crippen molar-refractivity contribution in [1.29, 1.82) is 0 Å². The summed E-state index contributed by atoms with van der Waals surface area (Å²) in [6.07, 6.45) is 8.08. The molecule has 0 aliphatic carbocycles. The van der Waals surface area contributed by atoms with Crippen LogP contribution in [0.5, 0.6) is 0 Å². The molecular weight excluding hydrogens is 426 g/mol. The average molecular weight is 456 g/mol. The minimum atomic E-state index is -0.0317. The number of fused-ring (bicyclic) bond motifs is 1. The Kier molecular flexibility index (Phi) is 8.29. The van der Waals surface area contributed by atoms with Crippen molar-refractivity contribution >= 4 is 32.9 Å². The number of carbonyl (C=O) groups excluding carboxylic acids is 1. The number of benzene rings is 2. The number of hydrogen-bond acceptors (Lipinski definition) is 2. The third-order valence-electron chi connectivity index (χ3n) is 5.17. The molecule has 0 spiro atoms. The number of aryl methyl sites for hydroxylation is 2. The van der Waals surface area contributed by atoms with E-state index in [-0.39, 0.29) is 5.91 Å². The van der Waals surface area contributed by atoms with Crippen LogP contribution in [0.25, 0.3) is 11.0 Å². The molecule has 0 bridgehead atoms. The van der Waals surface area contributed by atoms with Crippen molar-refractivity contribution in [1.82, 2.24) is 14.9 Å². The number of aromatic nitrogens is 2. The second-order valence-corrected chi connectivity index (χ2v) is 8.37. The lowest BCUT2D eigenvalue weighted by atomic mass is 10.1. The van der Waals surface area contributed by atoms with Crippen molar-refractivity contribution in [3.8, 4) is 0 Å². The van der Waals surface area contributed by atoms with Gasteiger partial charge >= 0.3 is 0 Å². The Morgan fingerprint density at radius 2 is 1.86 bits per heavy atom. The number of para-hydroxylation sites is 2. The van der Waals surface area contributed by atoms with Crippen LogP contribution in [0.4, 0.5) is 0 Å². The predicted molar refractivity (Wildman–Crippen MR) is 123 cm³/mol. The van der Waals surface area contributed by atoms with Gasteiger partial charge in [0.05, 0.1) is 11.0 Å². The van der Waals surface area contributed by atoms with E-state index in [1.54, 1.807) is 0 Å². The summed E-state index contributed by atoms with van der Waals surface area (Å²) in [4.78, 5) is 17.1. The molecule has 3 rings (SSSR count). The zero-order chi connectivity index (χ0) is 20.5. The molecule has 0 radical (unpaired) electrons. The van der Waals surface area contributed by atoms with Crippen molar-refractivity contribution < 1.29 is 4.79 Å². The Morgan fingerprint density at radius 1 is 1.03 bits per heavy atom. The van der Waals surface area contributed by atoms with E-state index in [1.807, 2.05) is 30.3 Å². The van der Waals surface area contributed by atoms with E-state index < -0.39 is 0 Å². The minimum Gasteiger partial charge on any atom is -0.352 e. The highest BCUT2D eigenvalue weighted by atomic mass is 79.9. The van der Waals surface area contributed by atoms with Gasteiger partial charge in [0, 0.05) is 29.5 Å². The van der Waals surface area contributed by atoms with Gasteiger partial charge in [0.2, 0.25) is 0 Å². The van der Waals surface area contributed by atoms with E-state index in [1.165, 1.54) is 37.6 Å². The first-order valence-corrected chi connectivity index (χ1v) is 11.5. The smallest absolute Gasteiger partial charge is 0.251 e. The molecule has 5 heteroatoms. The summed E-state index contributed by atoms with van der Waals surface area (Å²) < 4.78 is 3.29. The van der Waals surface area contributed by atoms with E-state index in [4.69, 9.17) is 4.98 Å². The molecular formula is C24H30BrN3O.